The molecule has 0 aliphatic rings. The van der Waals surface area contributed by atoms with Crippen molar-refractivity contribution in [2.45, 2.75) is 44.6 Å². The molecule has 8 nitrogen and oxygen atoms in total. The number of aromatic nitrogens is 2. The van der Waals surface area contributed by atoms with Gasteiger partial charge < -0.3 is 10.2 Å². The highest BCUT2D eigenvalue weighted by Gasteiger charge is 2.22. The minimum atomic E-state index is -4.14. The van der Waals surface area contributed by atoms with Crippen LogP contribution in [0.5, 0.6) is 0 Å². The Labute approximate surface area is 166 Å². The van der Waals surface area contributed by atoms with E-state index < -0.39 is 16.1 Å². The summed E-state index contributed by atoms with van der Waals surface area (Å²) in [5.74, 6) is 0.834. The molecule has 2 aromatic rings. The maximum atomic E-state index is 12.5. The van der Waals surface area contributed by atoms with E-state index in [1.165, 1.54) is 6.20 Å². The van der Waals surface area contributed by atoms with Crippen LogP contribution in [0.15, 0.2) is 35.6 Å². The lowest BCUT2D eigenvalue weighted by Crippen LogP contribution is -2.35. The van der Waals surface area contributed by atoms with E-state index in [0.717, 1.165) is 17.3 Å². The van der Waals surface area contributed by atoms with Gasteiger partial charge in [-0.2, -0.15) is 8.42 Å². The van der Waals surface area contributed by atoms with Crippen molar-refractivity contribution in [1.29, 1.82) is 0 Å². The standard InChI is InChI=1S/C19H27N5O3S/c1-12(2)14-8-7-9-15(13(3)4)18(14)22-19(25)23-28(26,27)17-11-20-16(10-21-17)24(5)6/h7-13H,1-6H3,(H2,22,23,25). The number of hydrogen-bond acceptors (Lipinski definition) is 6. The van der Waals surface area contributed by atoms with Crippen LogP contribution in [0.3, 0.4) is 0 Å². The smallest absolute Gasteiger partial charge is 0.333 e. The molecule has 9 heteroatoms. The van der Waals surface area contributed by atoms with E-state index in [4.69, 9.17) is 0 Å². The number of anilines is 2. The van der Waals surface area contributed by atoms with Crippen LogP contribution >= 0.6 is 0 Å². The molecule has 2 amide bonds. The van der Waals surface area contributed by atoms with E-state index in [-0.39, 0.29) is 16.9 Å². The molecular weight excluding hydrogens is 378 g/mol. The average Bonchev–Trinajstić information content (AvgIpc) is 2.61. The van der Waals surface area contributed by atoms with Crippen molar-refractivity contribution in [2.24, 2.45) is 0 Å². The average molecular weight is 406 g/mol. The maximum absolute atomic E-state index is 12.5. The Kier molecular flexibility index (Phi) is 6.60. The summed E-state index contributed by atoms with van der Waals surface area (Å²) in [5, 5.41) is 2.39. The van der Waals surface area contributed by atoms with Crippen molar-refractivity contribution in [2.75, 3.05) is 24.3 Å². The fraction of sp³-hybridized carbons (Fsp3) is 0.421. The van der Waals surface area contributed by atoms with Gasteiger partial charge in [0.1, 0.15) is 5.82 Å². The lowest BCUT2D eigenvalue weighted by molar-refractivity contribution is 0.256. The van der Waals surface area contributed by atoms with Crippen LogP contribution in [0.1, 0.15) is 50.7 Å². The van der Waals surface area contributed by atoms with Gasteiger partial charge in [0.05, 0.1) is 12.4 Å². The van der Waals surface area contributed by atoms with Crippen LogP contribution in [0.4, 0.5) is 16.3 Å². The molecule has 1 aromatic heterocycles. The van der Waals surface area contributed by atoms with Crippen LogP contribution in [0, 0.1) is 0 Å². The molecule has 2 N–H and O–H groups in total. The molecule has 0 radical (unpaired) electrons. The molecule has 0 spiro atoms. The molecule has 0 fully saturated rings. The monoisotopic (exact) mass is 405 g/mol. The summed E-state index contributed by atoms with van der Waals surface area (Å²) >= 11 is 0. The Morgan fingerprint density at radius 1 is 1.00 bits per heavy atom. The van der Waals surface area contributed by atoms with Gasteiger partial charge in [0, 0.05) is 19.8 Å². The third-order valence-electron chi connectivity index (χ3n) is 4.19. The number of para-hydroxylation sites is 1. The Morgan fingerprint density at radius 3 is 2.00 bits per heavy atom. The van der Waals surface area contributed by atoms with Crippen molar-refractivity contribution >= 4 is 27.6 Å². The molecule has 152 valence electrons. The number of nitrogens with zero attached hydrogens (tertiary/aromatic N) is 3. The fourth-order valence-electron chi connectivity index (χ4n) is 2.69. The molecule has 28 heavy (non-hydrogen) atoms. The molecule has 0 atom stereocenters. The van der Waals surface area contributed by atoms with Crippen LogP contribution in [-0.4, -0.2) is 38.5 Å². The SMILES string of the molecule is CC(C)c1cccc(C(C)C)c1NC(=O)NS(=O)(=O)c1cnc(N(C)C)cn1. The number of benzene rings is 1. The molecule has 0 saturated heterocycles. The van der Waals surface area contributed by atoms with E-state index in [9.17, 15) is 13.2 Å². The highest BCUT2D eigenvalue weighted by molar-refractivity contribution is 7.90. The van der Waals surface area contributed by atoms with Crippen LogP contribution in [0.25, 0.3) is 0 Å². The third kappa shape index (κ3) is 4.98. The van der Waals surface area contributed by atoms with Gasteiger partial charge in [0.2, 0.25) is 0 Å². The molecule has 0 bridgehead atoms. The summed E-state index contributed by atoms with van der Waals surface area (Å²) in [7, 11) is -0.610. The van der Waals surface area contributed by atoms with E-state index in [1.807, 2.05) is 50.6 Å². The largest absolute Gasteiger partial charge is 0.361 e. The van der Waals surface area contributed by atoms with Gasteiger partial charge in [-0.25, -0.2) is 19.5 Å². The highest BCUT2D eigenvalue weighted by atomic mass is 32.2. The van der Waals surface area contributed by atoms with Gasteiger partial charge in [-0.3, -0.25) is 0 Å². The topological polar surface area (TPSA) is 104 Å². The number of sulfonamides is 1. The predicted octanol–water partition coefficient (Wildman–Crippen LogP) is 3.30. The first kappa shape index (κ1) is 21.6. The van der Waals surface area contributed by atoms with Crippen molar-refractivity contribution in [3.8, 4) is 0 Å². The molecule has 0 aliphatic heterocycles. The van der Waals surface area contributed by atoms with Gasteiger partial charge >= 0.3 is 6.03 Å². The van der Waals surface area contributed by atoms with Gasteiger partial charge in [-0.1, -0.05) is 45.9 Å². The summed E-state index contributed by atoms with van der Waals surface area (Å²) in [4.78, 5) is 22.1. The van der Waals surface area contributed by atoms with Crippen molar-refractivity contribution in [3.05, 3.63) is 41.7 Å². The number of rotatable bonds is 6. The number of nitrogens with one attached hydrogen (secondary N) is 2. The van der Waals surface area contributed by atoms with Crippen LogP contribution < -0.4 is 14.9 Å². The Balaban J connectivity index is 2.26. The van der Waals surface area contributed by atoms with Crippen molar-refractivity contribution in [1.82, 2.24) is 14.7 Å². The number of hydrogen-bond donors (Lipinski definition) is 2. The van der Waals surface area contributed by atoms with Gasteiger partial charge in [-0.15, -0.1) is 0 Å². The summed E-state index contributed by atoms with van der Waals surface area (Å²) < 4.78 is 26.9. The third-order valence-corrected chi connectivity index (χ3v) is 5.40. The number of carbonyl (C=O) groups is 1. The summed E-state index contributed by atoms with van der Waals surface area (Å²) in [6, 6.07) is 4.94. The Bertz CT molecular complexity index is 912. The minimum Gasteiger partial charge on any atom is -0.361 e. The number of urea groups is 1. The first-order valence-electron chi connectivity index (χ1n) is 8.99. The lowest BCUT2D eigenvalue weighted by Gasteiger charge is -2.20. The molecule has 0 aliphatic carbocycles. The zero-order chi connectivity index (χ0) is 21.1. The summed E-state index contributed by atoms with van der Waals surface area (Å²) in [6.07, 6.45) is 2.45. The Hall–Kier alpha value is -2.68. The quantitative estimate of drug-likeness (QED) is 0.764. The van der Waals surface area contributed by atoms with Gasteiger partial charge in [0.25, 0.3) is 10.0 Å². The predicted molar refractivity (Wildman–Crippen MR) is 110 cm³/mol. The molecule has 0 saturated carbocycles. The van der Waals surface area contributed by atoms with E-state index in [0.29, 0.717) is 11.5 Å². The molecule has 1 heterocycles. The maximum Gasteiger partial charge on any atom is 0.333 e. The van der Waals surface area contributed by atoms with Crippen molar-refractivity contribution in [3.63, 3.8) is 0 Å². The van der Waals surface area contributed by atoms with Crippen molar-refractivity contribution < 1.29 is 13.2 Å². The normalized spacial score (nSPS) is 11.6. The van der Waals surface area contributed by atoms with E-state index in [1.54, 1.807) is 19.0 Å². The summed E-state index contributed by atoms with van der Waals surface area (Å²) in [6.45, 7) is 8.06. The van der Waals surface area contributed by atoms with Gasteiger partial charge in [-0.05, 0) is 23.0 Å². The zero-order valence-electron chi connectivity index (χ0n) is 17.0. The number of amides is 2. The van der Waals surface area contributed by atoms with Crippen LogP contribution in [-0.2, 0) is 10.0 Å². The fourth-order valence-corrected chi connectivity index (χ4v) is 3.47. The highest BCUT2D eigenvalue weighted by Crippen LogP contribution is 2.32. The zero-order valence-corrected chi connectivity index (χ0v) is 17.8. The second kappa shape index (κ2) is 8.55. The first-order valence-corrected chi connectivity index (χ1v) is 10.5. The van der Waals surface area contributed by atoms with E-state index in [2.05, 4.69) is 15.3 Å². The number of carbonyl (C=O) groups excluding carboxylic acids is 1. The second-order valence-corrected chi connectivity index (χ2v) is 8.92. The Morgan fingerprint density at radius 2 is 1.57 bits per heavy atom. The first-order chi connectivity index (χ1) is 13.0. The minimum absolute atomic E-state index is 0.162. The molecule has 1 aromatic carbocycles. The van der Waals surface area contributed by atoms with Crippen LogP contribution in [0.2, 0.25) is 0 Å². The molecule has 0 unspecified atom stereocenters. The summed E-state index contributed by atoms with van der Waals surface area (Å²) in [5.41, 5.74) is 2.51. The molecular formula is C19H27N5O3S. The lowest BCUT2D eigenvalue weighted by atomic mass is 9.93. The van der Waals surface area contributed by atoms with E-state index >= 15 is 0 Å². The van der Waals surface area contributed by atoms with Gasteiger partial charge in [0.15, 0.2) is 5.03 Å². The molecule has 2 rings (SSSR count). The second-order valence-electron chi connectivity index (χ2n) is 7.29.